The van der Waals surface area contributed by atoms with Gasteiger partial charge in [0.25, 0.3) is 0 Å². The van der Waals surface area contributed by atoms with E-state index in [1.807, 2.05) is 12.1 Å². The van der Waals surface area contributed by atoms with Crippen LogP contribution in [-0.2, 0) is 0 Å². The van der Waals surface area contributed by atoms with Gasteiger partial charge in [-0.3, -0.25) is 0 Å². The van der Waals surface area contributed by atoms with Gasteiger partial charge in [-0.25, -0.2) is 0 Å². The van der Waals surface area contributed by atoms with Crippen molar-refractivity contribution in [2.24, 2.45) is 23.7 Å². The van der Waals surface area contributed by atoms with Crippen LogP contribution in [-0.4, -0.2) is 18.0 Å². The molecule has 1 atom stereocenters. The molecule has 2 aliphatic carbocycles. The van der Waals surface area contributed by atoms with Crippen LogP contribution in [0.2, 0.25) is 0 Å². The predicted molar refractivity (Wildman–Crippen MR) is 135 cm³/mol. The number of ether oxygens (including phenoxy) is 2. The maximum Gasteiger partial charge on any atom is 0.119 e. The summed E-state index contributed by atoms with van der Waals surface area (Å²) in [6.07, 6.45) is 17.7. The van der Waals surface area contributed by atoms with Gasteiger partial charge in [-0.2, -0.15) is 0 Å². The molecule has 31 heavy (non-hydrogen) atoms. The van der Waals surface area contributed by atoms with Crippen molar-refractivity contribution in [3.05, 3.63) is 24.3 Å². The minimum Gasteiger partial charge on any atom is -0.494 e. The van der Waals surface area contributed by atoms with Crippen LogP contribution in [0, 0.1) is 23.7 Å². The first kappa shape index (κ1) is 24.9. The van der Waals surface area contributed by atoms with E-state index in [-0.39, 0.29) is 0 Å². The standard InChI is InChI=1S/C28H45BrO2/c1-3-5-19-30-26-15-17-27(18-16-26)31-21-24-9-7-23(8-10-24)20-28(29)25-13-11-22(6-4-2)12-14-25/h15-18,22-25,28H,3-14,19-21H2,1-2H3/t22-,23-,24-,25-,28?. The quantitative estimate of drug-likeness (QED) is 0.214. The summed E-state index contributed by atoms with van der Waals surface area (Å²) in [4.78, 5) is 0.742. The second-order valence-corrected chi connectivity index (χ2v) is 11.4. The molecule has 3 heteroatoms. The summed E-state index contributed by atoms with van der Waals surface area (Å²) in [7, 11) is 0. The van der Waals surface area contributed by atoms with Crippen LogP contribution in [0.1, 0.15) is 97.3 Å². The SMILES string of the molecule is CCCCOc1ccc(OC[C@H]2CC[C@H](CC(Br)[C@H]3CC[C@H](CCC)CC3)CC2)cc1. The van der Waals surface area contributed by atoms with Gasteiger partial charge < -0.3 is 9.47 Å². The average Bonchev–Trinajstić information content (AvgIpc) is 2.80. The van der Waals surface area contributed by atoms with Crippen LogP contribution in [0.4, 0.5) is 0 Å². The number of unbranched alkanes of at least 4 members (excludes halogenated alkanes) is 1. The molecule has 0 N–H and O–H groups in total. The number of rotatable bonds is 12. The summed E-state index contributed by atoms with van der Waals surface area (Å²) in [5, 5.41) is 0. The zero-order valence-corrected chi connectivity index (χ0v) is 21.6. The third-order valence-electron chi connectivity index (χ3n) is 7.70. The van der Waals surface area contributed by atoms with E-state index in [0.717, 1.165) is 59.6 Å². The van der Waals surface area contributed by atoms with E-state index >= 15 is 0 Å². The molecule has 1 aromatic carbocycles. The lowest BCUT2D eigenvalue weighted by molar-refractivity contribution is 0.171. The fourth-order valence-electron chi connectivity index (χ4n) is 5.57. The summed E-state index contributed by atoms with van der Waals surface area (Å²) in [6, 6.07) is 8.18. The first-order valence-electron chi connectivity index (χ1n) is 13.2. The smallest absolute Gasteiger partial charge is 0.119 e. The number of halogens is 1. The van der Waals surface area contributed by atoms with E-state index in [1.54, 1.807) is 0 Å². The fourth-order valence-corrected chi connectivity index (χ4v) is 6.63. The van der Waals surface area contributed by atoms with Gasteiger partial charge in [0.1, 0.15) is 11.5 Å². The third kappa shape index (κ3) is 8.63. The van der Waals surface area contributed by atoms with Gasteiger partial charge in [-0.1, -0.05) is 74.7 Å². The first-order valence-corrected chi connectivity index (χ1v) is 14.1. The largest absolute Gasteiger partial charge is 0.494 e. The summed E-state index contributed by atoms with van der Waals surface area (Å²) >= 11 is 4.10. The Balaban J connectivity index is 1.30. The molecule has 2 nitrogen and oxygen atoms in total. The van der Waals surface area contributed by atoms with Crippen molar-refractivity contribution in [2.45, 2.75) is 102 Å². The van der Waals surface area contributed by atoms with Crippen molar-refractivity contribution in [1.29, 1.82) is 0 Å². The molecule has 0 spiro atoms. The topological polar surface area (TPSA) is 18.5 Å². The second kappa shape index (κ2) is 13.8. The molecule has 0 heterocycles. The number of alkyl halides is 1. The molecule has 2 aliphatic rings. The molecule has 0 aliphatic heterocycles. The molecular weight excluding hydrogens is 448 g/mol. The van der Waals surface area contributed by atoms with Gasteiger partial charge in [0.2, 0.25) is 0 Å². The van der Waals surface area contributed by atoms with Crippen molar-refractivity contribution in [1.82, 2.24) is 0 Å². The van der Waals surface area contributed by atoms with E-state index in [0.29, 0.717) is 0 Å². The van der Waals surface area contributed by atoms with Crippen LogP contribution in [0.25, 0.3) is 0 Å². The molecule has 0 aromatic heterocycles. The highest BCUT2D eigenvalue weighted by Crippen LogP contribution is 2.40. The second-order valence-electron chi connectivity index (χ2n) is 10.2. The minimum atomic E-state index is 0.718. The Hall–Kier alpha value is -0.700. The Morgan fingerprint density at radius 3 is 1.97 bits per heavy atom. The van der Waals surface area contributed by atoms with Gasteiger partial charge >= 0.3 is 0 Å². The molecule has 1 aromatic rings. The lowest BCUT2D eigenvalue weighted by atomic mass is 9.75. The maximum absolute atomic E-state index is 6.10. The number of hydrogen-bond donors (Lipinski definition) is 0. The highest BCUT2D eigenvalue weighted by atomic mass is 79.9. The Morgan fingerprint density at radius 2 is 1.35 bits per heavy atom. The summed E-state index contributed by atoms with van der Waals surface area (Å²) < 4.78 is 11.8. The molecule has 0 radical (unpaired) electrons. The molecule has 2 fully saturated rings. The van der Waals surface area contributed by atoms with Gasteiger partial charge in [0, 0.05) is 4.83 Å². The highest BCUT2D eigenvalue weighted by molar-refractivity contribution is 9.09. The van der Waals surface area contributed by atoms with E-state index in [4.69, 9.17) is 9.47 Å². The van der Waals surface area contributed by atoms with E-state index in [2.05, 4.69) is 41.9 Å². The van der Waals surface area contributed by atoms with E-state index in [9.17, 15) is 0 Å². The normalized spacial score (nSPS) is 27.6. The Morgan fingerprint density at radius 1 is 0.774 bits per heavy atom. The van der Waals surface area contributed by atoms with E-state index < -0.39 is 0 Å². The summed E-state index contributed by atoms with van der Waals surface area (Å²) in [5.74, 6) is 5.49. The Labute approximate surface area is 200 Å². The van der Waals surface area contributed by atoms with Crippen LogP contribution >= 0.6 is 15.9 Å². The molecule has 176 valence electrons. The average molecular weight is 494 g/mol. The zero-order valence-electron chi connectivity index (χ0n) is 20.0. The molecule has 0 amide bonds. The summed E-state index contributed by atoms with van der Waals surface area (Å²) in [6.45, 7) is 6.18. The van der Waals surface area contributed by atoms with Crippen molar-refractivity contribution < 1.29 is 9.47 Å². The molecule has 1 unspecified atom stereocenters. The van der Waals surface area contributed by atoms with E-state index in [1.165, 1.54) is 77.0 Å². The monoisotopic (exact) mass is 492 g/mol. The van der Waals surface area contributed by atoms with Crippen LogP contribution in [0.3, 0.4) is 0 Å². The van der Waals surface area contributed by atoms with Crippen molar-refractivity contribution in [3.63, 3.8) is 0 Å². The molecule has 0 saturated heterocycles. The van der Waals surface area contributed by atoms with Crippen molar-refractivity contribution >= 4 is 15.9 Å². The van der Waals surface area contributed by atoms with Crippen LogP contribution < -0.4 is 9.47 Å². The predicted octanol–water partition coefficient (Wildman–Crippen LogP) is 8.81. The maximum atomic E-state index is 6.10. The first-order chi connectivity index (χ1) is 15.2. The minimum absolute atomic E-state index is 0.718. The van der Waals surface area contributed by atoms with Crippen molar-refractivity contribution in [2.75, 3.05) is 13.2 Å². The van der Waals surface area contributed by atoms with Gasteiger partial charge in [-0.05, 0) is 86.5 Å². The molecule has 2 saturated carbocycles. The van der Waals surface area contributed by atoms with Crippen LogP contribution in [0.15, 0.2) is 24.3 Å². The molecular formula is C28H45BrO2. The lowest BCUT2D eigenvalue weighted by Crippen LogP contribution is -2.26. The van der Waals surface area contributed by atoms with Gasteiger partial charge in [0.05, 0.1) is 13.2 Å². The summed E-state index contributed by atoms with van der Waals surface area (Å²) in [5.41, 5.74) is 0. The Kier molecular flexibility index (Phi) is 11.1. The Bertz CT molecular complexity index is 586. The third-order valence-corrected chi connectivity index (χ3v) is 8.82. The van der Waals surface area contributed by atoms with Crippen molar-refractivity contribution in [3.8, 4) is 11.5 Å². The molecule has 0 bridgehead atoms. The number of hydrogen-bond acceptors (Lipinski definition) is 2. The number of benzene rings is 1. The van der Waals surface area contributed by atoms with Crippen LogP contribution in [0.5, 0.6) is 11.5 Å². The fraction of sp³-hybridized carbons (Fsp3) is 0.786. The zero-order chi connectivity index (χ0) is 21.9. The molecule has 3 rings (SSSR count). The lowest BCUT2D eigenvalue weighted by Gasteiger charge is -2.35. The van der Waals surface area contributed by atoms with Gasteiger partial charge in [-0.15, -0.1) is 0 Å². The van der Waals surface area contributed by atoms with Gasteiger partial charge in [0.15, 0.2) is 0 Å². The highest BCUT2D eigenvalue weighted by Gasteiger charge is 2.29.